The molecule has 6 nitrogen and oxygen atoms in total. The lowest BCUT2D eigenvalue weighted by Gasteiger charge is -2.24. The van der Waals surface area contributed by atoms with Crippen molar-refractivity contribution in [3.8, 4) is 0 Å². The van der Waals surface area contributed by atoms with Gasteiger partial charge >= 0.3 is 0 Å². The predicted molar refractivity (Wildman–Crippen MR) is 98.6 cm³/mol. The normalized spacial score (nSPS) is 17.0. The van der Waals surface area contributed by atoms with E-state index in [4.69, 9.17) is 0 Å². The van der Waals surface area contributed by atoms with Crippen LogP contribution in [0.5, 0.6) is 0 Å². The third kappa shape index (κ3) is 5.53. The Morgan fingerprint density at radius 1 is 1.24 bits per heavy atom. The average molecular weight is 339 g/mol. The maximum Gasteiger partial charge on any atom is 0.252 e. The molecule has 0 saturated carbocycles. The maximum absolute atomic E-state index is 12.2. The fourth-order valence-electron chi connectivity index (χ4n) is 2.92. The number of nitrogens with zero attached hydrogens (tertiary/aromatic N) is 2. The Labute approximate surface area is 148 Å². The Morgan fingerprint density at radius 2 is 2.20 bits per heavy atom. The fourth-order valence-corrected chi connectivity index (χ4v) is 2.92. The number of rotatable bonds is 7. The van der Waals surface area contributed by atoms with Crippen molar-refractivity contribution in [2.75, 3.05) is 25.0 Å². The number of hydrogen-bond donors (Lipinski definition) is 3. The van der Waals surface area contributed by atoms with Gasteiger partial charge in [0.2, 0.25) is 0 Å². The topological polar surface area (TPSA) is 78.9 Å². The molecule has 1 amide bonds. The first-order valence-corrected chi connectivity index (χ1v) is 8.93. The van der Waals surface area contributed by atoms with Gasteiger partial charge in [-0.1, -0.05) is 6.07 Å². The number of carbonyl (C=O) groups is 1. The Bertz CT molecular complexity index is 653. The molecule has 0 aromatic carbocycles. The number of nitrogens with one attached hydrogen (secondary N) is 3. The highest BCUT2D eigenvalue weighted by Gasteiger charge is 2.13. The van der Waals surface area contributed by atoms with Gasteiger partial charge < -0.3 is 16.0 Å². The van der Waals surface area contributed by atoms with Crippen LogP contribution in [0.4, 0.5) is 5.82 Å². The molecule has 2 aromatic rings. The minimum absolute atomic E-state index is 0.0839. The van der Waals surface area contributed by atoms with E-state index in [1.165, 1.54) is 6.42 Å². The van der Waals surface area contributed by atoms with Gasteiger partial charge in [-0.05, 0) is 56.5 Å². The van der Waals surface area contributed by atoms with Crippen molar-refractivity contribution in [3.63, 3.8) is 0 Å². The second kappa shape index (κ2) is 9.13. The first-order chi connectivity index (χ1) is 12.3. The molecule has 1 saturated heterocycles. The molecule has 6 heteroatoms. The molecule has 1 fully saturated rings. The summed E-state index contributed by atoms with van der Waals surface area (Å²) in [6.45, 7) is 2.67. The van der Waals surface area contributed by atoms with Crippen molar-refractivity contribution in [2.45, 2.75) is 31.7 Å². The third-order valence-electron chi connectivity index (χ3n) is 4.30. The monoisotopic (exact) mass is 339 g/mol. The molecule has 25 heavy (non-hydrogen) atoms. The van der Waals surface area contributed by atoms with Gasteiger partial charge in [-0.2, -0.15) is 0 Å². The largest absolute Gasteiger partial charge is 0.366 e. The standard InChI is InChI=1S/C19H25N5O/c25-19(22-12-4-6-16-5-1-2-11-21-16)15-8-9-18(23-13-15)24-17-7-3-10-20-14-17/h1-2,5,8-9,11,13,17,20H,3-4,6-7,10,12,14H2,(H,22,25)(H,23,24)/t17-/m0/s1. The zero-order valence-corrected chi connectivity index (χ0v) is 14.4. The van der Waals surface area contributed by atoms with Gasteiger partial charge in [-0.25, -0.2) is 4.98 Å². The Hall–Kier alpha value is -2.47. The summed E-state index contributed by atoms with van der Waals surface area (Å²) >= 11 is 0. The Kier molecular flexibility index (Phi) is 6.34. The molecule has 2 aromatic heterocycles. The van der Waals surface area contributed by atoms with E-state index in [2.05, 4.69) is 25.9 Å². The van der Waals surface area contributed by atoms with Gasteiger partial charge in [-0.3, -0.25) is 9.78 Å². The predicted octanol–water partition coefficient (Wildman–Crippen LogP) is 2.00. The molecular weight excluding hydrogens is 314 g/mol. The van der Waals surface area contributed by atoms with E-state index in [1.54, 1.807) is 12.4 Å². The molecule has 1 atom stereocenters. The summed E-state index contributed by atoms with van der Waals surface area (Å²) in [5.74, 6) is 0.736. The number of amides is 1. The molecule has 1 aliphatic heterocycles. The molecule has 0 bridgehead atoms. The van der Waals surface area contributed by atoms with Crippen LogP contribution in [-0.4, -0.2) is 41.6 Å². The van der Waals surface area contributed by atoms with Crippen LogP contribution in [0.1, 0.15) is 35.3 Å². The number of aryl methyl sites for hydroxylation is 1. The van der Waals surface area contributed by atoms with Crippen molar-refractivity contribution < 1.29 is 4.79 Å². The number of hydrogen-bond acceptors (Lipinski definition) is 5. The van der Waals surface area contributed by atoms with E-state index >= 15 is 0 Å². The minimum Gasteiger partial charge on any atom is -0.366 e. The summed E-state index contributed by atoms with van der Waals surface area (Å²) in [5.41, 5.74) is 1.64. The summed E-state index contributed by atoms with van der Waals surface area (Å²) < 4.78 is 0. The van der Waals surface area contributed by atoms with Gasteiger partial charge in [0, 0.05) is 37.2 Å². The summed E-state index contributed by atoms with van der Waals surface area (Å²) in [5, 5.41) is 9.70. The summed E-state index contributed by atoms with van der Waals surface area (Å²) in [6.07, 6.45) is 7.47. The van der Waals surface area contributed by atoms with E-state index in [0.717, 1.165) is 43.9 Å². The van der Waals surface area contributed by atoms with E-state index in [9.17, 15) is 4.79 Å². The molecule has 3 heterocycles. The van der Waals surface area contributed by atoms with Crippen molar-refractivity contribution in [1.29, 1.82) is 0 Å². The van der Waals surface area contributed by atoms with Gasteiger partial charge in [0.05, 0.1) is 5.56 Å². The summed E-state index contributed by atoms with van der Waals surface area (Å²) in [7, 11) is 0. The van der Waals surface area contributed by atoms with Crippen LogP contribution in [0.3, 0.4) is 0 Å². The molecule has 3 rings (SSSR count). The fraction of sp³-hybridized carbons (Fsp3) is 0.421. The van der Waals surface area contributed by atoms with E-state index < -0.39 is 0 Å². The van der Waals surface area contributed by atoms with E-state index in [1.807, 2.05) is 30.3 Å². The first-order valence-electron chi connectivity index (χ1n) is 8.93. The van der Waals surface area contributed by atoms with Gasteiger partial charge in [0.15, 0.2) is 0 Å². The lowest BCUT2D eigenvalue weighted by Crippen LogP contribution is -2.38. The van der Waals surface area contributed by atoms with Crippen molar-refractivity contribution in [1.82, 2.24) is 20.6 Å². The van der Waals surface area contributed by atoms with Crippen LogP contribution in [0.25, 0.3) is 0 Å². The summed E-state index contributed by atoms with van der Waals surface area (Å²) in [6, 6.07) is 9.98. The highest BCUT2D eigenvalue weighted by molar-refractivity contribution is 5.94. The average Bonchev–Trinajstić information content (AvgIpc) is 2.67. The summed E-state index contributed by atoms with van der Waals surface area (Å²) in [4.78, 5) is 20.8. The van der Waals surface area contributed by atoms with Crippen LogP contribution in [0.15, 0.2) is 42.7 Å². The van der Waals surface area contributed by atoms with E-state index in [0.29, 0.717) is 18.2 Å². The number of anilines is 1. The quantitative estimate of drug-likeness (QED) is 0.673. The van der Waals surface area contributed by atoms with Crippen molar-refractivity contribution >= 4 is 11.7 Å². The molecule has 3 N–H and O–H groups in total. The van der Waals surface area contributed by atoms with Crippen LogP contribution < -0.4 is 16.0 Å². The van der Waals surface area contributed by atoms with Gasteiger partial charge in [0.1, 0.15) is 5.82 Å². The molecule has 0 aliphatic carbocycles. The highest BCUT2D eigenvalue weighted by Crippen LogP contribution is 2.11. The molecular formula is C19H25N5O. The zero-order valence-electron chi connectivity index (χ0n) is 14.4. The number of carbonyl (C=O) groups excluding carboxylic acids is 1. The maximum atomic E-state index is 12.2. The minimum atomic E-state index is -0.0839. The van der Waals surface area contributed by atoms with Crippen molar-refractivity contribution in [2.24, 2.45) is 0 Å². The van der Waals surface area contributed by atoms with Crippen LogP contribution in [0.2, 0.25) is 0 Å². The lowest BCUT2D eigenvalue weighted by molar-refractivity contribution is 0.0953. The lowest BCUT2D eigenvalue weighted by atomic mass is 10.1. The van der Waals surface area contributed by atoms with Crippen LogP contribution in [0, 0.1) is 0 Å². The Morgan fingerprint density at radius 3 is 2.92 bits per heavy atom. The molecule has 0 radical (unpaired) electrons. The van der Waals surface area contributed by atoms with Crippen LogP contribution >= 0.6 is 0 Å². The first kappa shape index (κ1) is 17.4. The number of pyridine rings is 2. The molecule has 0 spiro atoms. The van der Waals surface area contributed by atoms with Crippen molar-refractivity contribution in [3.05, 3.63) is 54.0 Å². The van der Waals surface area contributed by atoms with E-state index in [-0.39, 0.29) is 5.91 Å². The smallest absolute Gasteiger partial charge is 0.252 e. The Balaban J connectivity index is 1.41. The highest BCUT2D eigenvalue weighted by atomic mass is 16.1. The second-order valence-electron chi connectivity index (χ2n) is 6.30. The second-order valence-corrected chi connectivity index (χ2v) is 6.30. The SMILES string of the molecule is O=C(NCCCc1ccccn1)c1ccc(N[C@H]2CCCNC2)nc1. The molecule has 0 unspecified atom stereocenters. The molecule has 132 valence electrons. The third-order valence-corrected chi connectivity index (χ3v) is 4.30. The number of piperidine rings is 1. The van der Waals surface area contributed by atoms with Crippen LogP contribution in [-0.2, 0) is 6.42 Å². The van der Waals surface area contributed by atoms with Gasteiger partial charge in [0.25, 0.3) is 5.91 Å². The zero-order chi connectivity index (χ0) is 17.3. The van der Waals surface area contributed by atoms with Gasteiger partial charge in [-0.15, -0.1) is 0 Å². The molecule has 1 aliphatic rings. The number of aromatic nitrogens is 2.